The van der Waals surface area contributed by atoms with Gasteiger partial charge in [-0.05, 0) is 42.2 Å². The van der Waals surface area contributed by atoms with Crippen molar-refractivity contribution in [3.8, 4) is 0 Å². The van der Waals surface area contributed by atoms with Gasteiger partial charge in [-0.3, -0.25) is 9.59 Å². The summed E-state index contributed by atoms with van der Waals surface area (Å²) in [6, 6.07) is 28.2. The van der Waals surface area contributed by atoms with E-state index in [2.05, 4.69) is 34.5 Å². The van der Waals surface area contributed by atoms with Crippen LogP contribution in [0, 0.1) is 5.92 Å². The first-order valence-electron chi connectivity index (χ1n) is 11.1. The van der Waals surface area contributed by atoms with Crippen LogP contribution < -0.4 is 16.0 Å². The summed E-state index contributed by atoms with van der Waals surface area (Å²) >= 11 is 0. The fourth-order valence-electron chi connectivity index (χ4n) is 4.40. The average molecular weight is 428 g/mol. The first-order valence-corrected chi connectivity index (χ1v) is 11.1. The van der Waals surface area contributed by atoms with Crippen LogP contribution in [-0.2, 0) is 9.59 Å². The predicted molar refractivity (Wildman–Crippen MR) is 129 cm³/mol. The van der Waals surface area contributed by atoms with Crippen LogP contribution in [0.4, 0.5) is 11.4 Å². The molecule has 0 atom stereocenters. The summed E-state index contributed by atoms with van der Waals surface area (Å²) in [6.45, 7) is 1.57. The first kappa shape index (κ1) is 21.6. The summed E-state index contributed by atoms with van der Waals surface area (Å²) in [5.74, 6) is -0.278. The third kappa shape index (κ3) is 5.35. The molecule has 0 aromatic heterocycles. The Balaban J connectivity index is 1.44. The molecule has 32 heavy (non-hydrogen) atoms. The number of nitrogens with two attached hydrogens (primary N) is 1. The zero-order valence-electron chi connectivity index (χ0n) is 18.1. The van der Waals surface area contributed by atoms with Gasteiger partial charge in [0.15, 0.2) is 0 Å². The number of hydrogen-bond donors (Lipinski definition) is 2. The van der Waals surface area contributed by atoms with E-state index in [0.717, 1.165) is 48.4 Å². The fourth-order valence-corrected chi connectivity index (χ4v) is 4.40. The number of carbonyl (C=O) groups is 2. The second kappa shape index (κ2) is 10.1. The molecule has 164 valence electrons. The summed E-state index contributed by atoms with van der Waals surface area (Å²) in [5, 5.41) is 3.08. The third-order valence-corrected chi connectivity index (χ3v) is 6.19. The van der Waals surface area contributed by atoms with E-state index in [9.17, 15) is 9.59 Å². The number of carbonyl (C=O) groups excluding carboxylic acids is 2. The molecule has 5 heteroatoms. The number of nitrogens with zero attached hydrogens (tertiary/aromatic N) is 1. The van der Waals surface area contributed by atoms with Gasteiger partial charge in [0, 0.05) is 42.7 Å². The van der Waals surface area contributed by atoms with Gasteiger partial charge in [0.1, 0.15) is 0 Å². The summed E-state index contributed by atoms with van der Waals surface area (Å²) in [4.78, 5) is 26.7. The van der Waals surface area contributed by atoms with Crippen LogP contribution in [0.15, 0.2) is 84.9 Å². The molecular formula is C27H29N3O2. The van der Waals surface area contributed by atoms with E-state index in [0.29, 0.717) is 6.42 Å². The molecule has 0 bridgehead atoms. The predicted octanol–water partition coefficient (Wildman–Crippen LogP) is 4.55. The van der Waals surface area contributed by atoms with Crippen LogP contribution in [0.5, 0.6) is 0 Å². The maximum absolute atomic E-state index is 13.0. The molecule has 0 saturated carbocycles. The van der Waals surface area contributed by atoms with Gasteiger partial charge in [-0.2, -0.15) is 0 Å². The van der Waals surface area contributed by atoms with E-state index in [1.165, 1.54) is 0 Å². The van der Waals surface area contributed by atoms with Gasteiger partial charge in [0.25, 0.3) is 0 Å². The van der Waals surface area contributed by atoms with E-state index in [-0.39, 0.29) is 23.7 Å². The molecule has 1 aliphatic heterocycles. The molecule has 1 aliphatic rings. The van der Waals surface area contributed by atoms with E-state index in [1.54, 1.807) is 0 Å². The van der Waals surface area contributed by atoms with Crippen molar-refractivity contribution in [2.24, 2.45) is 11.7 Å². The quantitative estimate of drug-likeness (QED) is 0.581. The molecule has 4 rings (SSSR count). The van der Waals surface area contributed by atoms with Gasteiger partial charge in [-0.1, -0.05) is 66.7 Å². The Labute approximate surface area is 189 Å². The summed E-state index contributed by atoms with van der Waals surface area (Å²) < 4.78 is 0. The highest BCUT2D eigenvalue weighted by molar-refractivity contribution is 5.92. The van der Waals surface area contributed by atoms with Crippen molar-refractivity contribution in [2.45, 2.75) is 25.2 Å². The molecule has 3 aromatic rings. The van der Waals surface area contributed by atoms with Crippen LogP contribution in [0.2, 0.25) is 0 Å². The molecule has 2 amide bonds. The second-order valence-electron chi connectivity index (χ2n) is 8.34. The summed E-state index contributed by atoms with van der Waals surface area (Å²) in [7, 11) is 0. The number of anilines is 2. The van der Waals surface area contributed by atoms with Crippen molar-refractivity contribution in [1.82, 2.24) is 0 Å². The SMILES string of the molecule is NC(=O)C1CCN(c2cccc(NC(=O)CC(c3ccccc3)c3ccccc3)c2)CC1. The molecule has 3 N–H and O–H groups in total. The minimum atomic E-state index is -0.211. The Kier molecular flexibility index (Phi) is 6.85. The van der Waals surface area contributed by atoms with E-state index in [4.69, 9.17) is 5.73 Å². The molecule has 0 unspecified atom stereocenters. The van der Waals surface area contributed by atoms with Crippen molar-refractivity contribution in [2.75, 3.05) is 23.3 Å². The number of benzene rings is 3. The van der Waals surface area contributed by atoms with Gasteiger partial charge in [-0.15, -0.1) is 0 Å². The third-order valence-electron chi connectivity index (χ3n) is 6.19. The lowest BCUT2D eigenvalue weighted by Crippen LogP contribution is -2.38. The maximum atomic E-state index is 13.0. The number of hydrogen-bond acceptors (Lipinski definition) is 3. The van der Waals surface area contributed by atoms with E-state index >= 15 is 0 Å². The zero-order chi connectivity index (χ0) is 22.3. The summed E-state index contributed by atoms with van der Waals surface area (Å²) in [6.07, 6.45) is 1.89. The Morgan fingerprint density at radius 1 is 0.875 bits per heavy atom. The molecule has 5 nitrogen and oxygen atoms in total. The smallest absolute Gasteiger partial charge is 0.225 e. The molecular weight excluding hydrogens is 398 g/mol. The van der Waals surface area contributed by atoms with Crippen LogP contribution >= 0.6 is 0 Å². The van der Waals surface area contributed by atoms with Crippen LogP contribution in [0.25, 0.3) is 0 Å². The van der Waals surface area contributed by atoms with E-state index in [1.807, 2.05) is 60.7 Å². The van der Waals surface area contributed by atoms with Crippen molar-refractivity contribution in [3.63, 3.8) is 0 Å². The van der Waals surface area contributed by atoms with Gasteiger partial charge in [-0.25, -0.2) is 0 Å². The Morgan fingerprint density at radius 3 is 2.03 bits per heavy atom. The normalized spacial score (nSPS) is 14.3. The van der Waals surface area contributed by atoms with Crippen molar-refractivity contribution in [1.29, 1.82) is 0 Å². The highest BCUT2D eigenvalue weighted by Gasteiger charge is 2.23. The topological polar surface area (TPSA) is 75.4 Å². The number of piperidine rings is 1. The largest absolute Gasteiger partial charge is 0.371 e. The fraction of sp³-hybridized carbons (Fsp3) is 0.259. The Hall–Kier alpha value is -3.60. The molecule has 1 heterocycles. The summed E-state index contributed by atoms with van der Waals surface area (Å²) in [5.41, 5.74) is 9.53. The number of primary amides is 1. The lowest BCUT2D eigenvalue weighted by Gasteiger charge is -2.32. The van der Waals surface area contributed by atoms with Gasteiger partial charge >= 0.3 is 0 Å². The standard InChI is InChI=1S/C27H29N3O2/c28-27(32)22-14-16-30(17-15-22)24-13-7-12-23(18-24)29-26(31)19-25(20-8-3-1-4-9-20)21-10-5-2-6-11-21/h1-13,18,22,25H,14-17,19H2,(H2,28,32)(H,29,31). The number of rotatable bonds is 7. The number of nitrogens with one attached hydrogen (secondary N) is 1. The Morgan fingerprint density at radius 2 is 1.47 bits per heavy atom. The second-order valence-corrected chi connectivity index (χ2v) is 8.34. The maximum Gasteiger partial charge on any atom is 0.225 e. The average Bonchev–Trinajstić information content (AvgIpc) is 2.84. The molecule has 3 aromatic carbocycles. The molecule has 0 spiro atoms. The molecule has 1 fully saturated rings. The number of amides is 2. The van der Waals surface area contributed by atoms with E-state index < -0.39 is 0 Å². The molecule has 0 aliphatic carbocycles. The zero-order valence-corrected chi connectivity index (χ0v) is 18.1. The van der Waals surface area contributed by atoms with Crippen LogP contribution in [0.3, 0.4) is 0 Å². The minimum absolute atomic E-state index is 0.00610. The van der Waals surface area contributed by atoms with Crippen molar-refractivity contribution >= 4 is 23.2 Å². The highest BCUT2D eigenvalue weighted by Crippen LogP contribution is 2.29. The van der Waals surface area contributed by atoms with Gasteiger partial charge in [0.05, 0.1) is 0 Å². The minimum Gasteiger partial charge on any atom is -0.371 e. The van der Waals surface area contributed by atoms with Crippen molar-refractivity contribution < 1.29 is 9.59 Å². The Bertz CT molecular complexity index is 1010. The first-order chi connectivity index (χ1) is 15.6. The molecule has 0 radical (unpaired) electrons. The highest BCUT2D eigenvalue weighted by atomic mass is 16.2. The van der Waals surface area contributed by atoms with Gasteiger partial charge < -0.3 is 16.0 Å². The van der Waals surface area contributed by atoms with Crippen LogP contribution in [0.1, 0.15) is 36.3 Å². The monoisotopic (exact) mass is 427 g/mol. The lowest BCUT2D eigenvalue weighted by molar-refractivity contribution is -0.122. The van der Waals surface area contributed by atoms with Crippen molar-refractivity contribution in [3.05, 3.63) is 96.1 Å². The molecule has 1 saturated heterocycles. The van der Waals surface area contributed by atoms with Crippen LogP contribution in [-0.4, -0.2) is 24.9 Å². The lowest BCUT2D eigenvalue weighted by atomic mass is 9.88. The van der Waals surface area contributed by atoms with Gasteiger partial charge in [0.2, 0.25) is 11.8 Å².